The average molecular weight is 586 g/mol. The van der Waals surface area contributed by atoms with Gasteiger partial charge in [-0.3, -0.25) is 15.6 Å². The van der Waals surface area contributed by atoms with Gasteiger partial charge < -0.3 is 25.0 Å². The quantitative estimate of drug-likeness (QED) is 0.170. The second-order valence-electron chi connectivity index (χ2n) is 10.6. The second-order valence-corrected chi connectivity index (χ2v) is 10.6. The third kappa shape index (κ3) is 9.78. The molecule has 2 aromatic rings. The molecule has 0 radical (unpaired) electrons. The third-order valence-corrected chi connectivity index (χ3v) is 8.08. The van der Waals surface area contributed by atoms with E-state index in [4.69, 9.17) is 15.3 Å². The van der Waals surface area contributed by atoms with Crippen LogP contribution in [0.2, 0.25) is 0 Å². The van der Waals surface area contributed by atoms with Crippen molar-refractivity contribution in [1.82, 2.24) is 9.80 Å². The van der Waals surface area contributed by atoms with Crippen LogP contribution >= 0.6 is 12.4 Å². The Morgan fingerprint density at radius 2 is 1.51 bits per heavy atom. The molecule has 1 spiro atoms. The van der Waals surface area contributed by atoms with Gasteiger partial charge in [-0.2, -0.15) is 0 Å². The van der Waals surface area contributed by atoms with Crippen molar-refractivity contribution in [1.29, 1.82) is 0 Å². The van der Waals surface area contributed by atoms with E-state index in [0.29, 0.717) is 11.3 Å². The van der Waals surface area contributed by atoms with Crippen molar-refractivity contribution >= 4 is 30.1 Å². The van der Waals surface area contributed by atoms with E-state index in [2.05, 4.69) is 45.8 Å². The number of fused-ring (bicyclic) bond motifs is 2. The number of hydrogen-bond donors (Lipinski definition) is 3. The zero-order valence-corrected chi connectivity index (χ0v) is 25.5. The predicted octanol–water partition coefficient (Wildman–Crippen LogP) is 5.13. The maximum atomic E-state index is 10.4. The Kier molecular flexibility index (Phi) is 14.8. The normalized spacial score (nSPS) is 17.6. The molecule has 2 aromatic carbocycles. The van der Waals surface area contributed by atoms with E-state index in [0.717, 1.165) is 82.1 Å². The maximum Gasteiger partial charge on any atom is 0.123 e. The number of nitrogens with one attached hydrogen (secondary N) is 2. The highest BCUT2D eigenvalue weighted by Crippen LogP contribution is 2.45. The van der Waals surface area contributed by atoms with Crippen LogP contribution in [0.4, 0.5) is 11.4 Å². The highest BCUT2D eigenvalue weighted by molar-refractivity contribution is 5.85. The number of ether oxygens (including phenoxy) is 2. The SMILES string of the molecule is C=CCN1CCC(C=O)CC1.C=CCN1CCC2(CC1)CNc1ccc(OC)cc12.COc1ccc(NN)cc1.Cl. The molecule has 3 aliphatic rings. The van der Waals surface area contributed by atoms with Crippen LogP contribution in [0.15, 0.2) is 67.8 Å². The lowest BCUT2D eigenvalue weighted by atomic mass is 9.74. The molecule has 0 bridgehead atoms. The van der Waals surface area contributed by atoms with Gasteiger partial charge in [0.2, 0.25) is 0 Å². The van der Waals surface area contributed by atoms with E-state index in [9.17, 15) is 4.79 Å². The summed E-state index contributed by atoms with van der Waals surface area (Å²) in [6, 6.07) is 13.8. The van der Waals surface area contributed by atoms with Gasteiger partial charge >= 0.3 is 0 Å². The summed E-state index contributed by atoms with van der Waals surface area (Å²) in [6.07, 6.45) is 9.49. The van der Waals surface area contributed by atoms with Gasteiger partial charge in [0.05, 0.1) is 14.2 Å². The fourth-order valence-corrected chi connectivity index (χ4v) is 5.54. The van der Waals surface area contributed by atoms with Crippen molar-refractivity contribution in [3.05, 3.63) is 73.3 Å². The van der Waals surface area contributed by atoms with Gasteiger partial charge in [-0.15, -0.1) is 25.6 Å². The number of piperidine rings is 2. The molecule has 0 aliphatic carbocycles. The molecule has 0 atom stereocenters. The van der Waals surface area contributed by atoms with E-state index in [-0.39, 0.29) is 12.4 Å². The topological polar surface area (TPSA) is 92.1 Å². The summed E-state index contributed by atoms with van der Waals surface area (Å²) in [5.41, 5.74) is 6.44. The molecule has 0 amide bonds. The Bertz CT molecular complexity index is 1040. The number of nitrogen functional groups attached to an aromatic ring is 1. The van der Waals surface area contributed by atoms with Gasteiger partial charge in [0.15, 0.2) is 0 Å². The average Bonchev–Trinajstić information content (AvgIpc) is 3.36. The van der Waals surface area contributed by atoms with Gasteiger partial charge in [-0.05, 0) is 99.9 Å². The van der Waals surface area contributed by atoms with Gasteiger partial charge in [-0.1, -0.05) is 12.2 Å². The number of hydrogen-bond acceptors (Lipinski definition) is 8. The number of aldehydes is 1. The fourth-order valence-electron chi connectivity index (χ4n) is 5.54. The number of nitrogens with zero attached hydrogens (tertiary/aromatic N) is 2. The van der Waals surface area contributed by atoms with E-state index in [1.54, 1.807) is 14.2 Å². The standard InChI is InChI=1S/C16H22N2O.C9H15NO.C7H10N2O.ClH/c1-3-8-18-9-6-16(7-10-18)12-17-15-5-4-13(19-2)11-14(15)16;1-2-5-10-6-3-9(8-11)4-7-10;1-10-7-4-2-6(9-8)3-5-7;/h3-5,11,17H,1,6-10,12H2,2H3;2,8-9H,1,3-7H2;2-5,9H,8H2,1H3;1H. The summed E-state index contributed by atoms with van der Waals surface area (Å²) in [7, 11) is 3.37. The van der Waals surface area contributed by atoms with E-state index >= 15 is 0 Å². The number of nitrogens with two attached hydrogens (primary N) is 1. The smallest absolute Gasteiger partial charge is 0.123 e. The van der Waals surface area contributed by atoms with Crippen molar-refractivity contribution in [3.63, 3.8) is 0 Å². The number of rotatable bonds is 8. The Balaban J connectivity index is 0.000000230. The molecular weight excluding hydrogens is 538 g/mol. The molecule has 3 aliphatic heterocycles. The van der Waals surface area contributed by atoms with Gasteiger partial charge in [0.1, 0.15) is 17.8 Å². The Labute approximate surface area is 252 Å². The number of methoxy groups -OCH3 is 2. The molecular formula is C32H48ClN5O3. The van der Waals surface area contributed by atoms with Crippen molar-refractivity contribution in [2.75, 3.05) is 70.8 Å². The first-order chi connectivity index (χ1) is 19.5. The molecule has 4 N–H and O–H groups in total. The fraction of sp³-hybridized carbons (Fsp3) is 0.469. The summed E-state index contributed by atoms with van der Waals surface area (Å²) in [5.74, 6) is 7.27. The van der Waals surface area contributed by atoms with Crippen LogP contribution in [0.25, 0.3) is 0 Å². The van der Waals surface area contributed by atoms with E-state index < -0.39 is 0 Å². The monoisotopic (exact) mass is 585 g/mol. The zero-order valence-electron chi connectivity index (χ0n) is 24.6. The number of benzene rings is 2. The highest BCUT2D eigenvalue weighted by Gasteiger charge is 2.41. The van der Waals surface area contributed by atoms with Crippen LogP contribution in [0.5, 0.6) is 11.5 Å². The van der Waals surface area contributed by atoms with E-state index in [1.165, 1.54) is 24.1 Å². The minimum Gasteiger partial charge on any atom is -0.497 e. The van der Waals surface area contributed by atoms with Gasteiger partial charge in [0, 0.05) is 42.3 Å². The first-order valence-electron chi connectivity index (χ1n) is 14.2. The van der Waals surface area contributed by atoms with Crippen molar-refractivity contribution in [3.8, 4) is 11.5 Å². The first-order valence-corrected chi connectivity index (χ1v) is 14.2. The molecule has 0 aromatic heterocycles. The summed E-state index contributed by atoms with van der Waals surface area (Å²) in [5, 5.41) is 3.56. The number of halogens is 1. The number of anilines is 2. The Morgan fingerprint density at radius 3 is 2.02 bits per heavy atom. The van der Waals surface area contributed by atoms with Crippen molar-refractivity contribution in [2.45, 2.75) is 31.1 Å². The predicted molar refractivity (Wildman–Crippen MR) is 173 cm³/mol. The Hall–Kier alpha value is -3.04. The largest absolute Gasteiger partial charge is 0.497 e. The molecule has 2 saturated heterocycles. The van der Waals surface area contributed by atoms with Crippen LogP contribution in [0.3, 0.4) is 0 Å². The van der Waals surface area contributed by atoms with Gasteiger partial charge in [0.25, 0.3) is 0 Å². The molecule has 2 fully saturated rings. The zero-order chi connectivity index (χ0) is 28.8. The van der Waals surface area contributed by atoms with Crippen LogP contribution in [-0.2, 0) is 10.2 Å². The van der Waals surface area contributed by atoms with Crippen molar-refractivity contribution in [2.24, 2.45) is 11.8 Å². The lowest BCUT2D eigenvalue weighted by Crippen LogP contribution is -2.43. The summed E-state index contributed by atoms with van der Waals surface area (Å²) < 4.78 is 10.3. The molecule has 0 saturated carbocycles. The van der Waals surface area contributed by atoms with Crippen LogP contribution in [0.1, 0.15) is 31.2 Å². The molecule has 5 rings (SSSR count). The van der Waals surface area contributed by atoms with Gasteiger partial charge in [-0.25, -0.2) is 0 Å². The molecule has 3 heterocycles. The van der Waals surface area contributed by atoms with Crippen LogP contribution in [0, 0.1) is 5.92 Å². The highest BCUT2D eigenvalue weighted by atomic mass is 35.5. The second kappa shape index (κ2) is 17.7. The lowest BCUT2D eigenvalue weighted by Gasteiger charge is -2.39. The Morgan fingerprint density at radius 1 is 0.951 bits per heavy atom. The third-order valence-electron chi connectivity index (χ3n) is 8.08. The number of carbonyl (C=O) groups is 1. The summed E-state index contributed by atoms with van der Waals surface area (Å²) in [4.78, 5) is 15.2. The maximum absolute atomic E-state index is 10.4. The molecule has 8 nitrogen and oxygen atoms in total. The summed E-state index contributed by atoms with van der Waals surface area (Å²) >= 11 is 0. The van der Waals surface area contributed by atoms with Crippen molar-refractivity contribution < 1.29 is 14.3 Å². The molecule has 9 heteroatoms. The molecule has 0 unspecified atom stereocenters. The molecule has 41 heavy (non-hydrogen) atoms. The minimum atomic E-state index is 0. The lowest BCUT2D eigenvalue weighted by molar-refractivity contribution is -0.112. The first kappa shape index (κ1) is 34.2. The van der Waals surface area contributed by atoms with Crippen LogP contribution in [-0.4, -0.2) is 76.1 Å². The van der Waals surface area contributed by atoms with E-state index in [1.807, 2.05) is 42.5 Å². The molecule has 226 valence electrons. The summed E-state index contributed by atoms with van der Waals surface area (Å²) in [6.45, 7) is 15.0. The number of hydrazine groups is 1. The minimum absolute atomic E-state index is 0. The number of likely N-dealkylation sites (tertiary alicyclic amines) is 2. The number of carbonyl (C=O) groups excluding carboxylic acids is 1. The van der Waals surface area contributed by atoms with Crippen LogP contribution < -0.4 is 26.1 Å².